The SMILES string of the molecule is C=CC(/C=C/SC(C)=NI)=C(C)\C(=C/C)CC. The lowest BCUT2D eigenvalue weighted by Gasteiger charge is -2.07. The monoisotopic (exact) mass is 361 g/mol. The van der Waals surface area contributed by atoms with E-state index in [0.717, 1.165) is 11.5 Å². The Morgan fingerprint density at radius 3 is 2.47 bits per heavy atom. The molecule has 0 radical (unpaired) electrons. The molecule has 0 aromatic carbocycles. The molecule has 0 aromatic rings. The first kappa shape index (κ1) is 16.7. The smallest absolute Gasteiger partial charge is 0.0840 e. The Hall–Kier alpha value is -0.290. The molecule has 0 amide bonds. The predicted octanol–water partition coefficient (Wildman–Crippen LogP) is 5.86. The topological polar surface area (TPSA) is 12.4 Å². The molecule has 0 spiro atoms. The van der Waals surface area contributed by atoms with Crippen LogP contribution in [0.15, 0.2) is 50.1 Å². The van der Waals surface area contributed by atoms with E-state index in [-0.39, 0.29) is 0 Å². The fourth-order valence-corrected chi connectivity index (χ4v) is 2.24. The number of halogens is 1. The van der Waals surface area contributed by atoms with Gasteiger partial charge in [-0.15, -0.1) is 0 Å². The van der Waals surface area contributed by atoms with E-state index >= 15 is 0 Å². The Bertz CT molecular complexity index is 376. The Morgan fingerprint density at radius 2 is 2.06 bits per heavy atom. The number of allylic oxidation sites excluding steroid dienone is 6. The molecule has 0 rings (SSSR count). The summed E-state index contributed by atoms with van der Waals surface area (Å²) in [6, 6.07) is 0. The Labute approximate surface area is 123 Å². The van der Waals surface area contributed by atoms with Crippen LogP contribution in [0, 0.1) is 0 Å². The van der Waals surface area contributed by atoms with E-state index in [9.17, 15) is 0 Å². The molecule has 94 valence electrons. The van der Waals surface area contributed by atoms with Gasteiger partial charge in [0.05, 0.1) is 27.9 Å². The lowest BCUT2D eigenvalue weighted by Crippen LogP contribution is -1.87. The Kier molecular flexibility index (Phi) is 9.55. The fourth-order valence-electron chi connectivity index (χ4n) is 1.44. The van der Waals surface area contributed by atoms with E-state index in [2.05, 4.69) is 48.1 Å². The van der Waals surface area contributed by atoms with Crippen LogP contribution in [0.1, 0.15) is 34.1 Å². The molecule has 0 saturated carbocycles. The van der Waals surface area contributed by atoms with Crippen molar-refractivity contribution in [3.05, 3.63) is 46.9 Å². The van der Waals surface area contributed by atoms with Crippen LogP contribution < -0.4 is 0 Å². The number of hydrogen-bond acceptors (Lipinski definition) is 2. The van der Waals surface area contributed by atoms with Gasteiger partial charge in [-0.05, 0) is 55.4 Å². The van der Waals surface area contributed by atoms with Gasteiger partial charge in [-0.3, -0.25) is 0 Å². The number of hydrogen-bond donors (Lipinski definition) is 0. The van der Waals surface area contributed by atoms with Crippen LogP contribution in [0.3, 0.4) is 0 Å². The maximum atomic E-state index is 4.07. The molecule has 0 atom stereocenters. The first-order valence-corrected chi connectivity index (χ1v) is 7.42. The highest BCUT2D eigenvalue weighted by molar-refractivity contribution is 14.1. The molecule has 0 aliphatic carbocycles. The van der Waals surface area contributed by atoms with Gasteiger partial charge in [0.2, 0.25) is 0 Å². The molecule has 0 bridgehead atoms. The molecule has 17 heavy (non-hydrogen) atoms. The van der Waals surface area contributed by atoms with Crippen molar-refractivity contribution in [3.63, 3.8) is 0 Å². The Morgan fingerprint density at radius 1 is 1.41 bits per heavy atom. The largest absolute Gasteiger partial charge is 0.213 e. The molecule has 0 aromatic heterocycles. The van der Waals surface area contributed by atoms with Gasteiger partial charge < -0.3 is 0 Å². The zero-order valence-electron chi connectivity index (χ0n) is 11.0. The second kappa shape index (κ2) is 9.71. The standard InChI is InChI=1S/C14H20INS/c1-6-13(7-2)11(4)14(8-3)9-10-17-12(5)16-15/h6,8-10H,3,7H2,1-2,4-5H3/b10-9+,13-6-,14-11+,16-12?. The van der Waals surface area contributed by atoms with Crippen LogP contribution in [0.5, 0.6) is 0 Å². The van der Waals surface area contributed by atoms with Gasteiger partial charge in [0.15, 0.2) is 0 Å². The van der Waals surface area contributed by atoms with Crippen molar-refractivity contribution in [1.29, 1.82) is 0 Å². The van der Waals surface area contributed by atoms with Gasteiger partial charge in [0.1, 0.15) is 0 Å². The van der Waals surface area contributed by atoms with Crippen LogP contribution in [0.2, 0.25) is 0 Å². The molecule has 0 saturated heterocycles. The lowest BCUT2D eigenvalue weighted by molar-refractivity contribution is 1.09. The predicted molar refractivity (Wildman–Crippen MR) is 90.8 cm³/mol. The van der Waals surface area contributed by atoms with Crippen molar-refractivity contribution in [2.75, 3.05) is 0 Å². The summed E-state index contributed by atoms with van der Waals surface area (Å²) in [6.45, 7) is 12.3. The first-order chi connectivity index (χ1) is 8.10. The Balaban J connectivity index is 4.95. The summed E-state index contributed by atoms with van der Waals surface area (Å²) < 4.78 is 4.07. The van der Waals surface area contributed by atoms with Crippen LogP contribution in [-0.2, 0) is 0 Å². The molecule has 0 fully saturated rings. The number of rotatable bonds is 5. The highest BCUT2D eigenvalue weighted by Gasteiger charge is 2.00. The van der Waals surface area contributed by atoms with Crippen molar-refractivity contribution >= 4 is 39.7 Å². The van der Waals surface area contributed by atoms with Crippen LogP contribution in [0.4, 0.5) is 0 Å². The lowest BCUT2D eigenvalue weighted by atomic mass is 9.99. The normalized spacial score (nSPS) is 15.1. The van der Waals surface area contributed by atoms with E-state index < -0.39 is 0 Å². The third kappa shape index (κ3) is 6.27. The van der Waals surface area contributed by atoms with Crippen molar-refractivity contribution in [2.24, 2.45) is 3.21 Å². The highest BCUT2D eigenvalue weighted by atomic mass is 127. The summed E-state index contributed by atoms with van der Waals surface area (Å²) in [6.07, 6.45) is 7.21. The van der Waals surface area contributed by atoms with E-state index in [4.69, 9.17) is 0 Å². The summed E-state index contributed by atoms with van der Waals surface area (Å²) in [5.41, 5.74) is 3.84. The minimum Gasteiger partial charge on any atom is -0.213 e. The number of thioether (sulfide) groups is 1. The third-order valence-corrected chi connectivity index (χ3v) is 4.22. The minimum atomic E-state index is 1.05. The minimum absolute atomic E-state index is 1.05. The molecule has 0 heterocycles. The highest BCUT2D eigenvalue weighted by Crippen LogP contribution is 2.20. The first-order valence-electron chi connectivity index (χ1n) is 5.58. The van der Waals surface area contributed by atoms with Crippen LogP contribution in [-0.4, -0.2) is 5.04 Å². The van der Waals surface area contributed by atoms with Gasteiger partial charge in [0, 0.05) is 0 Å². The van der Waals surface area contributed by atoms with Crippen LogP contribution in [0.25, 0.3) is 0 Å². The van der Waals surface area contributed by atoms with E-state index in [1.165, 1.54) is 16.7 Å². The molecule has 0 N–H and O–H groups in total. The second-order valence-corrected chi connectivity index (χ2v) is 5.06. The van der Waals surface area contributed by atoms with Crippen molar-refractivity contribution in [3.8, 4) is 0 Å². The summed E-state index contributed by atoms with van der Waals surface area (Å²) in [4.78, 5) is 0. The number of nitrogens with zero attached hydrogens (tertiary/aromatic N) is 1. The summed E-state index contributed by atoms with van der Waals surface area (Å²) in [5.74, 6) is 0. The maximum Gasteiger partial charge on any atom is 0.0840 e. The zero-order valence-corrected chi connectivity index (χ0v) is 13.9. The average Bonchev–Trinajstić information content (AvgIpc) is 2.35. The van der Waals surface area contributed by atoms with Crippen molar-refractivity contribution < 1.29 is 0 Å². The van der Waals surface area contributed by atoms with Gasteiger partial charge in [-0.2, -0.15) is 0 Å². The van der Waals surface area contributed by atoms with E-state index in [0.29, 0.717) is 0 Å². The quantitative estimate of drug-likeness (QED) is 0.259. The second-order valence-electron chi connectivity index (χ2n) is 3.48. The molecule has 0 aliphatic rings. The van der Waals surface area contributed by atoms with Gasteiger partial charge in [-0.25, -0.2) is 3.21 Å². The summed E-state index contributed by atoms with van der Waals surface area (Å²) >= 11 is 3.63. The molecule has 0 unspecified atom stereocenters. The van der Waals surface area contributed by atoms with E-state index in [1.54, 1.807) is 11.8 Å². The van der Waals surface area contributed by atoms with Gasteiger partial charge in [-0.1, -0.05) is 37.4 Å². The summed E-state index contributed by atoms with van der Waals surface area (Å²) in [7, 11) is 0. The molecule has 1 nitrogen and oxygen atoms in total. The third-order valence-electron chi connectivity index (χ3n) is 2.47. The van der Waals surface area contributed by atoms with Crippen LogP contribution >= 0.6 is 34.6 Å². The zero-order chi connectivity index (χ0) is 13.3. The van der Waals surface area contributed by atoms with Crippen molar-refractivity contribution in [1.82, 2.24) is 0 Å². The van der Waals surface area contributed by atoms with Gasteiger partial charge >= 0.3 is 0 Å². The maximum absolute atomic E-state index is 4.07. The average molecular weight is 361 g/mol. The molecular weight excluding hydrogens is 341 g/mol. The molecule has 0 aliphatic heterocycles. The summed E-state index contributed by atoms with van der Waals surface area (Å²) in [5, 5.41) is 3.10. The van der Waals surface area contributed by atoms with Crippen molar-refractivity contribution in [2.45, 2.75) is 34.1 Å². The van der Waals surface area contributed by atoms with E-state index in [1.807, 2.05) is 35.9 Å². The fraction of sp³-hybridized carbons (Fsp3) is 0.357. The molecular formula is C14H20INS. The van der Waals surface area contributed by atoms with Gasteiger partial charge in [0.25, 0.3) is 0 Å². The molecule has 3 heteroatoms.